The van der Waals surface area contributed by atoms with Crippen LogP contribution < -0.4 is 31.9 Å². The fraction of sp³-hybridized carbons (Fsp3) is 0.569. The maximum absolute atomic E-state index is 14.4. The molecule has 4 heterocycles. The van der Waals surface area contributed by atoms with E-state index in [4.69, 9.17) is 21.7 Å². The Morgan fingerprint density at radius 3 is 1.58 bits per heavy atom. The van der Waals surface area contributed by atoms with E-state index in [1.54, 1.807) is 40.4 Å². The summed E-state index contributed by atoms with van der Waals surface area (Å²) in [5, 5.41) is 18.2. The first-order valence-corrected chi connectivity index (χ1v) is 26.2. The first kappa shape index (κ1) is 53.7. The molecule has 372 valence electrons. The topological polar surface area (TPSA) is 182 Å². The number of benzene rings is 2. The number of amides is 5. The molecule has 0 saturated carbocycles. The second-order valence-corrected chi connectivity index (χ2v) is 22.2. The third-order valence-corrected chi connectivity index (χ3v) is 16.1. The highest BCUT2D eigenvalue weighted by molar-refractivity contribution is 8.00. The summed E-state index contributed by atoms with van der Waals surface area (Å²) in [5.41, 5.74) is 0.705. The van der Waals surface area contributed by atoms with Gasteiger partial charge in [-0.25, -0.2) is 0 Å². The van der Waals surface area contributed by atoms with Gasteiger partial charge in [-0.05, 0) is 92.0 Å². The number of nitrogens with zero attached hydrogens (tertiary/aromatic N) is 2. The van der Waals surface area contributed by atoms with Gasteiger partial charge in [-0.1, -0.05) is 112 Å². The average molecular weight is 1000 g/mol. The molecule has 0 aliphatic carbocycles. The van der Waals surface area contributed by atoms with Crippen molar-refractivity contribution in [2.45, 2.75) is 113 Å². The van der Waals surface area contributed by atoms with E-state index < -0.39 is 47.1 Å². The number of thiocarbonyl (C=S) groups is 1. The lowest BCUT2D eigenvalue weighted by Gasteiger charge is -2.35. The zero-order chi connectivity index (χ0) is 49.7. The number of rotatable bonds is 18. The van der Waals surface area contributed by atoms with E-state index in [-0.39, 0.29) is 79.3 Å². The van der Waals surface area contributed by atoms with Crippen LogP contribution in [-0.4, -0.2) is 144 Å². The Morgan fingerprint density at radius 1 is 0.725 bits per heavy atom. The number of carbonyl (C=O) groups is 5. The summed E-state index contributed by atoms with van der Waals surface area (Å²) in [6.45, 7) is 10.5. The molecule has 1 unspecified atom stereocenters. The largest absolute Gasteiger partial charge is 0.367 e. The molecule has 6 rings (SSSR count). The highest BCUT2D eigenvalue weighted by Gasteiger charge is 2.56. The molecule has 0 spiro atoms. The van der Waals surface area contributed by atoms with Crippen LogP contribution in [0.4, 0.5) is 0 Å². The molecule has 2 aromatic rings. The van der Waals surface area contributed by atoms with Gasteiger partial charge in [0.2, 0.25) is 29.5 Å². The summed E-state index contributed by atoms with van der Waals surface area (Å²) in [7, 11) is 3.50. The van der Waals surface area contributed by atoms with Gasteiger partial charge in [0.05, 0.1) is 53.6 Å². The smallest absolute Gasteiger partial charge is 0.246 e. The molecule has 5 amide bonds. The minimum atomic E-state index is -0.753. The van der Waals surface area contributed by atoms with Gasteiger partial charge in [-0.3, -0.25) is 24.0 Å². The number of ether oxygens (including phenoxy) is 2. The van der Waals surface area contributed by atoms with Crippen LogP contribution in [0.1, 0.15) is 83.5 Å². The van der Waals surface area contributed by atoms with Crippen molar-refractivity contribution in [1.29, 1.82) is 0 Å². The quantitative estimate of drug-likeness (QED) is 0.0727. The molecule has 0 aromatic heterocycles. The molecule has 4 aliphatic heterocycles. The maximum Gasteiger partial charge on any atom is 0.246 e. The monoisotopic (exact) mass is 1000 g/mol. The molecule has 4 fully saturated rings. The molecule has 4 aliphatic rings. The summed E-state index contributed by atoms with van der Waals surface area (Å²) < 4.78 is 12.0. The zero-order valence-electron chi connectivity index (χ0n) is 40.7. The highest BCUT2D eigenvalue weighted by Crippen LogP contribution is 2.48. The van der Waals surface area contributed by atoms with Crippen molar-refractivity contribution >= 4 is 70.3 Å². The van der Waals surface area contributed by atoms with Crippen molar-refractivity contribution in [2.75, 3.05) is 58.6 Å². The van der Waals surface area contributed by atoms with E-state index in [1.165, 1.54) is 0 Å². The first-order chi connectivity index (χ1) is 33.1. The van der Waals surface area contributed by atoms with Crippen molar-refractivity contribution in [3.05, 3.63) is 71.8 Å². The molecule has 69 heavy (non-hydrogen) atoms. The molecule has 15 nitrogen and oxygen atoms in total. The molecule has 0 bridgehead atoms. The average Bonchev–Trinajstić information content (AvgIpc) is 3.64. The number of hydrogen-bond donors (Lipinski definition) is 6. The third kappa shape index (κ3) is 13.8. The van der Waals surface area contributed by atoms with Crippen molar-refractivity contribution in [1.82, 2.24) is 41.7 Å². The number of fused-ring (bicyclic) bond motifs is 2. The van der Waals surface area contributed by atoms with Crippen molar-refractivity contribution in [3.8, 4) is 23.7 Å². The van der Waals surface area contributed by atoms with Crippen LogP contribution in [0.15, 0.2) is 60.7 Å². The van der Waals surface area contributed by atoms with E-state index in [0.717, 1.165) is 16.9 Å². The number of likely N-dealkylation sites (N-methyl/N-ethyl adjacent to an activating group) is 2. The van der Waals surface area contributed by atoms with Gasteiger partial charge in [0.15, 0.2) is 0 Å². The summed E-state index contributed by atoms with van der Waals surface area (Å²) >= 11 is 8.95. The van der Waals surface area contributed by atoms with E-state index in [1.807, 2.05) is 102 Å². The summed E-state index contributed by atoms with van der Waals surface area (Å²) in [6.07, 6.45) is 2.43. The van der Waals surface area contributed by atoms with Gasteiger partial charge in [0.1, 0.15) is 37.4 Å². The van der Waals surface area contributed by atoms with Gasteiger partial charge >= 0.3 is 0 Å². The second kappa shape index (κ2) is 24.9. The molecule has 4 saturated heterocycles. The molecule has 2 aromatic carbocycles. The Morgan fingerprint density at radius 2 is 1.16 bits per heavy atom. The molecule has 6 N–H and O–H groups in total. The van der Waals surface area contributed by atoms with Crippen LogP contribution in [0.2, 0.25) is 0 Å². The van der Waals surface area contributed by atoms with E-state index in [9.17, 15) is 24.0 Å². The third-order valence-electron chi connectivity index (χ3n) is 13.1. The van der Waals surface area contributed by atoms with Crippen LogP contribution >= 0.6 is 35.7 Å². The predicted molar refractivity (Wildman–Crippen MR) is 276 cm³/mol. The maximum atomic E-state index is 14.4. The fourth-order valence-corrected chi connectivity index (χ4v) is 12.9. The van der Waals surface area contributed by atoms with Gasteiger partial charge < -0.3 is 51.2 Å². The Bertz CT molecular complexity index is 2270. The Hall–Kier alpha value is -4.66. The van der Waals surface area contributed by atoms with Gasteiger partial charge in [0.25, 0.3) is 0 Å². The zero-order valence-corrected chi connectivity index (χ0v) is 43.2. The van der Waals surface area contributed by atoms with Crippen molar-refractivity contribution in [2.24, 2.45) is 10.8 Å². The number of thioether (sulfide) groups is 2. The standard InChI is InChI=1S/C51H68N8O7S3/c1-33(53-7)47(67)57-37-23-27-69-42-29-51(4,5)44(59(42)49(37)64)46(62)56-39(35-20-14-11-15-21-35)32-66-25-17-9-8-16-24-65-31-38(34-18-12-10-13-19-34)55-45(61)43-50(2,3)28-41-58(43)48(63)36(22-26-68-41)54-40(60)30-52-6/h10-15,18-21,33,36-39,41-44,52-53H,22-32H2,1-7H3,(H,54,60)(H,55,61)(H,56,62)(H,57,67)/t33-,36-,37-,38+,39?,41-,42-,43+,44+/m0/s1. The fourth-order valence-electron chi connectivity index (χ4n) is 9.47. The van der Waals surface area contributed by atoms with E-state index in [2.05, 4.69) is 55.6 Å². The van der Waals surface area contributed by atoms with Crippen LogP contribution in [0.3, 0.4) is 0 Å². The Kier molecular flexibility index (Phi) is 19.4. The van der Waals surface area contributed by atoms with Gasteiger partial charge in [-0.15, -0.1) is 23.5 Å². The van der Waals surface area contributed by atoms with Crippen LogP contribution in [-0.2, 0) is 33.4 Å². The summed E-state index contributed by atoms with van der Waals surface area (Å²) in [5.74, 6) is 11.8. The number of carbonyl (C=O) groups excluding carboxylic acids is 5. The first-order valence-electron chi connectivity index (χ1n) is 23.7. The number of nitrogens with one attached hydrogen (secondary N) is 6. The van der Waals surface area contributed by atoms with Crippen LogP contribution in [0.5, 0.6) is 0 Å². The molecule has 0 radical (unpaired) electrons. The summed E-state index contributed by atoms with van der Waals surface area (Å²) in [4.78, 5) is 73.3. The minimum absolute atomic E-state index is 0.0536. The predicted octanol–water partition coefficient (Wildman–Crippen LogP) is 3.52. The lowest BCUT2D eigenvalue weighted by molar-refractivity contribution is -0.144. The Balaban J connectivity index is 1.04. The van der Waals surface area contributed by atoms with E-state index in [0.29, 0.717) is 36.4 Å². The molecule has 18 heteroatoms. The van der Waals surface area contributed by atoms with Crippen molar-refractivity contribution in [3.63, 3.8) is 0 Å². The van der Waals surface area contributed by atoms with E-state index >= 15 is 0 Å². The minimum Gasteiger partial charge on any atom is -0.367 e. The van der Waals surface area contributed by atoms with Crippen LogP contribution in [0.25, 0.3) is 0 Å². The van der Waals surface area contributed by atoms with Crippen LogP contribution in [0, 0.1) is 34.5 Å². The molecular weight excluding hydrogens is 933 g/mol. The lowest BCUT2D eigenvalue weighted by Crippen LogP contribution is -2.58. The Labute approximate surface area is 421 Å². The second-order valence-electron chi connectivity index (χ2n) is 19.2. The normalized spacial score (nSPS) is 24.9. The molecule has 9 atom stereocenters. The SMILES string of the molecule is CNCC(=O)N[C@H]1CCS[C@H]2CC(C)(C)[C@@H](C(=O)N[C@H](COCC#CC#CCOCC(NC(=O)[C@H]3N4C(=O)[C@@H](NC(=S)[C@H](C)NC)CCS[C@H]4CC3(C)C)c3ccccc3)c3ccccc3)N2C1=O. The highest BCUT2D eigenvalue weighted by atomic mass is 32.2. The lowest BCUT2D eigenvalue weighted by atomic mass is 9.83. The summed E-state index contributed by atoms with van der Waals surface area (Å²) in [6, 6.07) is 15.3. The molecular formula is C51H68N8O7S3. The number of hydrogen-bond acceptors (Lipinski definition) is 12. The van der Waals surface area contributed by atoms with Crippen molar-refractivity contribution < 1.29 is 33.4 Å². The van der Waals surface area contributed by atoms with Gasteiger partial charge in [0, 0.05) is 0 Å². The van der Waals surface area contributed by atoms with Gasteiger partial charge in [-0.2, -0.15) is 0 Å².